The van der Waals surface area contributed by atoms with E-state index in [9.17, 15) is 0 Å². The summed E-state index contributed by atoms with van der Waals surface area (Å²) >= 11 is 0. The maximum absolute atomic E-state index is 6.17. The highest BCUT2D eigenvalue weighted by molar-refractivity contribution is 5.29. The third-order valence-corrected chi connectivity index (χ3v) is 10.2. The van der Waals surface area contributed by atoms with Gasteiger partial charge in [-0.2, -0.15) is 0 Å². The van der Waals surface area contributed by atoms with E-state index in [1.54, 1.807) is 5.56 Å². The van der Waals surface area contributed by atoms with Crippen LogP contribution in [-0.2, 0) is 12.8 Å². The lowest BCUT2D eigenvalue weighted by Gasteiger charge is -2.19. The van der Waals surface area contributed by atoms with Crippen LogP contribution in [0.5, 0.6) is 5.75 Å². The van der Waals surface area contributed by atoms with Crippen LogP contribution in [0.2, 0.25) is 0 Å². The van der Waals surface area contributed by atoms with Crippen molar-refractivity contribution >= 4 is 0 Å². The second kappa shape index (κ2) is 19.6. The lowest BCUT2D eigenvalue weighted by molar-refractivity contribution is 0.238. The Morgan fingerprint density at radius 3 is 1.89 bits per heavy atom. The van der Waals surface area contributed by atoms with Gasteiger partial charge in [-0.25, -0.2) is 0 Å². The van der Waals surface area contributed by atoms with Gasteiger partial charge in [-0.05, 0) is 100 Å². The summed E-state index contributed by atoms with van der Waals surface area (Å²) in [5, 5.41) is 0. The summed E-state index contributed by atoms with van der Waals surface area (Å²) in [4.78, 5) is 5.10. The lowest BCUT2D eigenvalue weighted by Crippen LogP contribution is -2.18. The van der Waals surface area contributed by atoms with Crippen LogP contribution in [0.15, 0.2) is 48.5 Å². The topological polar surface area (TPSA) is 15.2 Å². The molecular weight excluding hydrogens is 536 g/mol. The van der Waals surface area contributed by atoms with Crippen molar-refractivity contribution in [2.45, 2.75) is 148 Å². The van der Waals surface area contributed by atoms with Crippen molar-refractivity contribution in [3.63, 3.8) is 0 Å². The predicted octanol–water partition coefficient (Wildman–Crippen LogP) is 10.5. The molecule has 0 saturated carbocycles. The van der Waals surface area contributed by atoms with Crippen LogP contribution in [0.3, 0.4) is 0 Å². The van der Waals surface area contributed by atoms with Gasteiger partial charge in [0.2, 0.25) is 0 Å². The predicted molar refractivity (Wildman–Crippen MR) is 190 cm³/mol. The minimum atomic E-state index is 0.578. The van der Waals surface area contributed by atoms with Gasteiger partial charge in [0.05, 0.1) is 6.61 Å². The number of hydrogen-bond donors (Lipinski definition) is 0. The molecule has 3 heteroatoms. The molecule has 2 aromatic rings. The zero-order valence-corrected chi connectivity index (χ0v) is 29.1. The molecular formula is C41H66N2O. The van der Waals surface area contributed by atoms with Crippen molar-refractivity contribution in [3.8, 4) is 5.75 Å². The number of aryl methyl sites for hydroxylation is 2. The van der Waals surface area contributed by atoms with E-state index in [0.29, 0.717) is 11.8 Å². The summed E-state index contributed by atoms with van der Waals surface area (Å²) in [6, 6.07) is 20.2. The second-order valence-electron chi connectivity index (χ2n) is 14.6. The lowest BCUT2D eigenvalue weighted by atomic mass is 9.88. The standard InChI is InChI=1S/C41H66N2O/c1-5-6-7-9-13-22-39(40-24-26-41(27-25-40)44-33-34(2)30-43-32-36(43)4)23-14-11-8-10-12-18-37-20-17-21-38(29-37)19-15-16-28-42-31-35(42)3/h17,20-21,24-27,29,34-36,39H,5-16,18-19,22-23,28,30-33H2,1-4H3. The van der Waals surface area contributed by atoms with Gasteiger partial charge in [0, 0.05) is 37.6 Å². The van der Waals surface area contributed by atoms with E-state index in [0.717, 1.165) is 31.0 Å². The van der Waals surface area contributed by atoms with Crippen molar-refractivity contribution in [1.82, 2.24) is 9.80 Å². The molecule has 6 atom stereocenters. The Bertz CT molecular complexity index is 1040. The van der Waals surface area contributed by atoms with E-state index in [4.69, 9.17) is 4.74 Å². The van der Waals surface area contributed by atoms with Crippen LogP contribution in [0.4, 0.5) is 0 Å². The summed E-state index contributed by atoms with van der Waals surface area (Å²) < 4.78 is 6.17. The number of benzene rings is 2. The minimum absolute atomic E-state index is 0.578. The fraction of sp³-hybridized carbons (Fsp3) is 0.707. The van der Waals surface area contributed by atoms with Gasteiger partial charge in [-0.15, -0.1) is 0 Å². The zero-order valence-electron chi connectivity index (χ0n) is 29.1. The molecule has 6 unspecified atom stereocenters. The Morgan fingerprint density at radius 1 is 0.705 bits per heavy atom. The molecule has 2 fully saturated rings. The Kier molecular flexibility index (Phi) is 15.6. The monoisotopic (exact) mass is 603 g/mol. The van der Waals surface area contributed by atoms with Crippen molar-refractivity contribution in [2.75, 3.05) is 32.8 Å². The van der Waals surface area contributed by atoms with Gasteiger partial charge in [-0.3, -0.25) is 9.80 Å². The molecule has 3 nitrogen and oxygen atoms in total. The number of unbranched alkanes of at least 4 members (excludes halogenated alkanes) is 9. The van der Waals surface area contributed by atoms with Crippen LogP contribution in [0.1, 0.15) is 140 Å². The molecule has 0 aromatic heterocycles. The fourth-order valence-corrected chi connectivity index (χ4v) is 6.99. The van der Waals surface area contributed by atoms with Gasteiger partial charge >= 0.3 is 0 Å². The summed E-state index contributed by atoms with van der Waals surface area (Å²) in [6.07, 6.45) is 21.5. The van der Waals surface area contributed by atoms with Crippen LogP contribution in [0.25, 0.3) is 0 Å². The molecule has 0 bridgehead atoms. The molecule has 2 saturated heterocycles. The van der Waals surface area contributed by atoms with Gasteiger partial charge in [0.25, 0.3) is 0 Å². The normalized spacial score (nSPS) is 22.1. The first-order valence-electron chi connectivity index (χ1n) is 18.8. The molecule has 0 N–H and O–H groups in total. The summed E-state index contributed by atoms with van der Waals surface area (Å²) in [5.41, 5.74) is 4.61. The van der Waals surface area contributed by atoms with E-state index in [-0.39, 0.29) is 0 Å². The van der Waals surface area contributed by atoms with Gasteiger partial charge in [-0.1, -0.05) is 108 Å². The molecule has 2 aliphatic rings. The number of rotatable bonds is 25. The largest absolute Gasteiger partial charge is 0.493 e. The Labute approximate surface area is 272 Å². The summed E-state index contributed by atoms with van der Waals surface area (Å²) in [6.45, 7) is 15.1. The Morgan fingerprint density at radius 2 is 1.27 bits per heavy atom. The first kappa shape index (κ1) is 35.0. The van der Waals surface area contributed by atoms with Crippen molar-refractivity contribution in [2.24, 2.45) is 5.92 Å². The number of ether oxygens (including phenoxy) is 1. The smallest absolute Gasteiger partial charge is 0.119 e. The molecule has 246 valence electrons. The van der Waals surface area contributed by atoms with Crippen LogP contribution >= 0.6 is 0 Å². The molecule has 4 rings (SSSR count). The van der Waals surface area contributed by atoms with E-state index in [1.807, 2.05) is 0 Å². The second-order valence-corrected chi connectivity index (χ2v) is 14.6. The molecule has 0 radical (unpaired) electrons. The highest BCUT2D eigenvalue weighted by atomic mass is 16.5. The highest BCUT2D eigenvalue weighted by Crippen LogP contribution is 2.30. The quantitative estimate of drug-likeness (QED) is 0.0830. The van der Waals surface area contributed by atoms with Gasteiger partial charge in [0.15, 0.2) is 0 Å². The van der Waals surface area contributed by atoms with Gasteiger partial charge < -0.3 is 4.74 Å². The Balaban J connectivity index is 1.11. The molecule has 2 aliphatic heterocycles. The molecule has 0 spiro atoms. The third-order valence-electron chi connectivity index (χ3n) is 10.2. The van der Waals surface area contributed by atoms with Crippen LogP contribution in [0, 0.1) is 5.92 Å². The fourth-order valence-electron chi connectivity index (χ4n) is 6.99. The van der Waals surface area contributed by atoms with Crippen molar-refractivity contribution in [3.05, 3.63) is 65.2 Å². The van der Waals surface area contributed by atoms with E-state index >= 15 is 0 Å². The molecule has 0 amide bonds. The summed E-state index contributed by atoms with van der Waals surface area (Å²) in [7, 11) is 0. The van der Waals surface area contributed by atoms with Crippen LogP contribution < -0.4 is 4.74 Å². The minimum Gasteiger partial charge on any atom is -0.493 e. The van der Waals surface area contributed by atoms with Crippen molar-refractivity contribution < 1.29 is 4.74 Å². The first-order valence-corrected chi connectivity index (χ1v) is 18.8. The molecule has 2 heterocycles. The maximum atomic E-state index is 6.17. The van der Waals surface area contributed by atoms with E-state index < -0.39 is 0 Å². The zero-order chi connectivity index (χ0) is 31.0. The van der Waals surface area contributed by atoms with Crippen molar-refractivity contribution in [1.29, 1.82) is 0 Å². The van der Waals surface area contributed by atoms with E-state index in [1.165, 1.54) is 133 Å². The molecule has 44 heavy (non-hydrogen) atoms. The van der Waals surface area contributed by atoms with Crippen LogP contribution in [-0.4, -0.2) is 54.7 Å². The summed E-state index contributed by atoms with van der Waals surface area (Å²) in [5.74, 6) is 2.31. The number of nitrogens with zero attached hydrogens (tertiary/aromatic N) is 2. The first-order chi connectivity index (χ1) is 21.5. The average molecular weight is 603 g/mol. The Hall–Kier alpha value is -1.84. The SMILES string of the molecule is CCCCCCCC(CCCCCCCc1cccc(CCCCN2CC2C)c1)c1ccc(OCC(C)CN2CC2C)cc1. The number of hydrogen-bond acceptors (Lipinski definition) is 3. The maximum Gasteiger partial charge on any atom is 0.119 e. The third kappa shape index (κ3) is 13.7. The molecule has 0 aliphatic carbocycles. The molecule has 2 aromatic carbocycles. The average Bonchev–Trinajstić information content (AvgIpc) is 3.94. The van der Waals surface area contributed by atoms with Gasteiger partial charge in [0.1, 0.15) is 5.75 Å². The highest BCUT2D eigenvalue weighted by Gasteiger charge is 2.30. The van der Waals surface area contributed by atoms with E-state index in [2.05, 4.69) is 86.0 Å².